The summed E-state index contributed by atoms with van der Waals surface area (Å²) in [6.45, 7) is 6.47. The van der Waals surface area contributed by atoms with Gasteiger partial charge in [0.25, 0.3) is 0 Å². The highest BCUT2D eigenvalue weighted by Crippen LogP contribution is 2.34. The predicted octanol–water partition coefficient (Wildman–Crippen LogP) is 5.13. The number of hydrogen-bond acceptors (Lipinski definition) is 3. The lowest BCUT2D eigenvalue weighted by Crippen LogP contribution is -2.14. The zero-order valence-corrected chi connectivity index (χ0v) is 15.5. The van der Waals surface area contributed by atoms with Crippen LogP contribution in [0.1, 0.15) is 36.5 Å². The molecule has 0 aromatic heterocycles. The third-order valence-electron chi connectivity index (χ3n) is 4.00. The van der Waals surface area contributed by atoms with Crippen LogP contribution in [0.2, 0.25) is 5.02 Å². The van der Waals surface area contributed by atoms with Gasteiger partial charge in [0.15, 0.2) is 11.5 Å². The van der Waals surface area contributed by atoms with Crippen molar-refractivity contribution in [2.75, 3.05) is 13.7 Å². The molecule has 0 amide bonds. The fourth-order valence-electron chi connectivity index (χ4n) is 2.44. The van der Waals surface area contributed by atoms with Gasteiger partial charge >= 0.3 is 0 Å². The minimum Gasteiger partial charge on any atom is -0.493 e. The highest BCUT2D eigenvalue weighted by atomic mass is 35.5. The first-order valence-electron chi connectivity index (χ1n) is 8.40. The molecule has 0 aliphatic heterocycles. The number of methoxy groups -OCH3 is 1. The van der Waals surface area contributed by atoms with Gasteiger partial charge in [-0.2, -0.15) is 0 Å². The highest BCUT2D eigenvalue weighted by molar-refractivity contribution is 6.31. The van der Waals surface area contributed by atoms with E-state index in [1.54, 1.807) is 7.11 Å². The summed E-state index contributed by atoms with van der Waals surface area (Å²) in [6.07, 6.45) is 2.34. The second kappa shape index (κ2) is 9.55. The summed E-state index contributed by atoms with van der Waals surface area (Å²) in [5.74, 6) is 1.38. The SMILES string of the molecule is CCCCNCc1cc(OC)c(OCc2ccccc2C)cc1Cl. The molecule has 0 bridgehead atoms. The third-order valence-corrected chi connectivity index (χ3v) is 4.35. The molecule has 24 heavy (non-hydrogen) atoms. The Balaban J connectivity index is 2.07. The summed E-state index contributed by atoms with van der Waals surface area (Å²) in [6, 6.07) is 12.0. The number of unbranched alkanes of at least 4 members (excludes halogenated alkanes) is 1. The summed E-state index contributed by atoms with van der Waals surface area (Å²) < 4.78 is 11.4. The molecule has 2 rings (SSSR count). The standard InChI is InChI=1S/C20H26ClNO2/c1-4-5-10-22-13-17-11-19(23-3)20(12-18(17)21)24-14-16-9-7-6-8-15(16)2/h6-9,11-12,22H,4-5,10,13-14H2,1-3H3. The fourth-order valence-corrected chi connectivity index (χ4v) is 2.66. The molecule has 0 aliphatic rings. The summed E-state index contributed by atoms with van der Waals surface area (Å²) in [7, 11) is 1.65. The smallest absolute Gasteiger partial charge is 0.163 e. The Labute approximate surface area is 149 Å². The van der Waals surface area contributed by atoms with Gasteiger partial charge in [-0.1, -0.05) is 49.2 Å². The van der Waals surface area contributed by atoms with Gasteiger partial charge in [0.2, 0.25) is 0 Å². The Morgan fingerprint density at radius 2 is 1.88 bits per heavy atom. The van der Waals surface area contributed by atoms with Crippen LogP contribution in [0.15, 0.2) is 36.4 Å². The zero-order valence-electron chi connectivity index (χ0n) is 14.7. The Bertz CT molecular complexity index is 658. The lowest BCUT2D eigenvalue weighted by Gasteiger charge is -2.15. The number of hydrogen-bond donors (Lipinski definition) is 1. The number of aryl methyl sites for hydroxylation is 1. The number of nitrogens with one attached hydrogen (secondary N) is 1. The first-order chi connectivity index (χ1) is 11.7. The Hall–Kier alpha value is -1.71. The molecular weight excluding hydrogens is 322 g/mol. The molecule has 0 saturated carbocycles. The molecule has 3 nitrogen and oxygen atoms in total. The van der Waals surface area contributed by atoms with E-state index in [0.29, 0.717) is 23.1 Å². The molecule has 0 heterocycles. The van der Waals surface area contributed by atoms with Crippen LogP contribution in [0.4, 0.5) is 0 Å². The quantitative estimate of drug-likeness (QED) is 0.638. The summed E-state index contributed by atoms with van der Waals surface area (Å²) in [5.41, 5.74) is 3.38. The van der Waals surface area contributed by atoms with Crippen molar-refractivity contribution in [3.05, 3.63) is 58.1 Å². The Morgan fingerprint density at radius 3 is 2.58 bits per heavy atom. The second-order valence-electron chi connectivity index (χ2n) is 5.84. The van der Waals surface area contributed by atoms with E-state index in [9.17, 15) is 0 Å². The maximum Gasteiger partial charge on any atom is 0.163 e. The van der Waals surface area contributed by atoms with E-state index in [4.69, 9.17) is 21.1 Å². The topological polar surface area (TPSA) is 30.5 Å². The van der Waals surface area contributed by atoms with E-state index in [0.717, 1.165) is 30.6 Å². The van der Waals surface area contributed by atoms with Gasteiger partial charge in [0.1, 0.15) is 6.61 Å². The molecule has 4 heteroatoms. The Morgan fingerprint density at radius 1 is 1.08 bits per heavy atom. The van der Waals surface area contributed by atoms with E-state index >= 15 is 0 Å². The van der Waals surface area contributed by atoms with E-state index in [1.807, 2.05) is 24.3 Å². The first-order valence-corrected chi connectivity index (χ1v) is 8.78. The van der Waals surface area contributed by atoms with Crippen LogP contribution in [0.3, 0.4) is 0 Å². The molecule has 130 valence electrons. The van der Waals surface area contributed by atoms with E-state index in [2.05, 4.69) is 31.3 Å². The van der Waals surface area contributed by atoms with Gasteiger partial charge in [-0.3, -0.25) is 0 Å². The van der Waals surface area contributed by atoms with E-state index in [1.165, 1.54) is 12.0 Å². The molecular formula is C20H26ClNO2. The van der Waals surface area contributed by atoms with Crippen molar-refractivity contribution in [2.45, 2.75) is 39.8 Å². The van der Waals surface area contributed by atoms with Gasteiger partial charge < -0.3 is 14.8 Å². The van der Waals surface area contributed by atoms with Crippen LogP contribution in [-0.4, -0.2) is 13.7 Å². The summed E-state index contributed by atoms with van der Waals surface area (Å²) in [4.78, 5) is 0. The lowest BCUT2D eigenvalue weighted by molar-refractivity contribution is 0.283. The number of benzene rings is 2. The Kier molecular flexibility index (Phi) is 7.41. The minimum absolute atomic E-state index is 0.494. The van der Waals surface area contributed by atoms with Crippen LogP contribution < -0.4 is 14.8 Å². The van der Waals surface area contributed by atoms with Crippen molar-refractivity contribution < 1.29 is 9.47 Å². The maximum absolute atomic E-state index is 6.41. The van der Waals surface area contributed by atoms with Crippen molar-refractivity contribution in [3.8, 4) is 11.5 Å². The van der Waals surface area contributed by atoms with E-state index < -0.39 is 0 Å². The average molecular weight is 348 g/mol. The largest absolute Gasteiger partial charge is 0.493 e. The lowest BCUT2D eigenvalue weighted by atomic mass is 10.1. The van der Waals surface area contributed by atoms with E-state index in [-0.39, 0.29) is 0 Å². The molecule has 0 unspecified atom stereocenters. The predicted molar refractivity (Wildman–Crippen MR) is 100 cm³/mol. The zero-order chi connectivity index (χ0) is 17.4. The molecule has 0 radical (unpaired) electrons. The van der Waals surface area contributed by atoms with Crippen molar-refractivity contribution in [1.29, 1.82) is 0 Å². The first kappa shape index (κ1) is 18.6. The van der Waals surface area contributed by atoms with Crippen LogP contribution in [0.25, 0.3) is 0 Å². The monoisotopic (exact) mass is 347 g/mol. The molecule has 2 aromatic rings. The molecule has 1 N–H and O–H groups in total. The van der Waals surface area contributed by atoms with Gasteiger partial charge in [0, 0.05) is 17.6 Å². The third kappa shape index (κ3) is 5.15. The number of rotatable bonds is 9. The van der Waals surface area contributed by atoms with Crippen LogP contribution >= 0.6 is 11.6 Å². The highest BCUT2D eigenvalue weighted by Gasteiger charge is 2.11. The molecule has 0 spiro atoms. The van der Waals surface area contributed by atoms with Crippen molar-refractivity contribution in [3.63, 3.8) is 0 Å². The second-order valence-corrected chi connectivity index (χ2v) is 6.25. The minimum atomic E-state index is 0.494. The number of halogens is 1. The van der Waals surface area contributed by atoms with Crippen LogP contribution in [0, 0.1) is 6.92 Å². The van der Waals surface area contributed by atoms with Gasteiger partial charge in [-0.15, -0.1) is 0 Å². The van der Waals surface area contributed by atoms with Gasteiger partial charge in [-0.25, -0.2) is 0 Å². The average Bonchev–Trinajstić information content (AvgIpc) is 2.59. The van der Waals surface area contributed by atoms with Crippen molar-refractivity contribution >= 4 is 11.6 Å². The fraction of sp³-hybridized carbons (Fsp3) is 0.400. The molecule has 0 saturated heterocycles. The normalized spacial score (nSPS) is 10.7. The van der Waals surface area contributed by atoms with Crippen molar-refractivity contribution in [2.24, 2.45) is 0 Å². The van der Waals surface area contributed by atoms with Crippen LogP contribution in [0.5, 0.6) is 11.5 Å². The molecule has 0 aliphatic carbocycles. The van der Waals surface area contributed by atoms with Crippen molar-refractivity contribution in [1.82, 2.24) is 5.32 Å². The molecule has 2 aromatic carbocycles. The molecule has 0 fully saturated rings. The number of ether oxygens (including phenoxy) is 2. The van der Waals surface area contributed by atoms with Gasteiger partial charge in [-0.05, 0) is 42.6 Å². The maximum atomic E-state index is 6.41. The summed E-state index contributed by atoms with van der Waals surface area (Å²) >= 11 is 6.41. The molecule has 0 atom stereocenters. The summed E-state index contributed by atoms with van der Waals surface area (Å²) in [5, 5.41) is 4.09. The van der Waals surface area contributed by atoms with Gasteiger partial charge in [0.05, 0.1) is 7.11 Å². The van der Waals surface area contributed by atoms with Crippen LogP contribution in [-0.2, 0) is 13.2 Å².